The molecule has 64 valence electrons. The summed E-state index contributed by atoms with van der Waals surface area (Å²) < 4.78 is 0. The largest absolute Gasteiger partial charge is 0.0961 e. The fraction of sp³-hybridized carbons (Fsp3) is 0.636. The van der Waals surface area contributed by atoms with Crippen LogP contribution in [0.25, 0.3) is 0 Å². The van der Waals surface area contributed by atoms with Gasteiger partial charge in [0.1, 0.15) is 0 Å². The van der Waals surface area contributed by atoms with Gasteiger partial charge < -0.3 is 0 Å². The number of rotatable bonds is 5. The van der Waals surface area contributed by atoms with Gasteiger partial charge in [-0.15, -0.1) is 0 Å². The summed E-state index contributed by atoms with van der Waals surface area (Å²) >= 11 is 0. The Labute approximate surface area is 71.0 Å². The van der Waals surface area contributed by atoms with E-state index in [4.69, 9.17) is 0 Å². The third-order valence-electron chi connectivity index (χ3n) is 1.84. The Hall–Kier alpha value is -0.520. The average Bonchev–Trinajstić information content (AvgIpc) is 1.97. The monoisotopic (exact) mass is 152 g/mol. The van der Waals surface area contributed by atoms with E-state index in [1.807, 2.05) is 6.92 Å². The predicted molar refractivity (Wildman–Crippen MR) is 52.6 cm³/mol. The molecule has 0 aromatic carbocycles. The van der Waals surface area contributed by atoms with Crippen LogP contribution in [-0.4, -0.2) is 0 Å². The minimum absolute atomic E-state index is 0.761. The maximum atomic E-state index is 3.83. The fourth-order valence-electron chi connectivity index (χ4n) is 1.11. The molecule has 11 heavy (non-hydrogen) atoms. The molecule has 0 saturated carbocycles. The third kappa shape index (κ3) is 5.90. The van der Waals surface area contributed by atoms with E-state index >= 15 is 0 Å². The van der Waals surface area contributed by atoms with Crippen LogP contribution in [0, 0.1) is 5.92 Å². The highest BCUT2D eigenvalue weighted by atomic mass is 14.0. The molecule has 0 aromatic heterocycles. The van der Waals surface area contributed by atoms with Crippen LogP contribution < -0.4 is 0 Å². The van der Waals surface area contributed by atoms with Crippen molar-refractivity contribution < 1.29 is 0 Å². The van der Waals surface area contributed by atoms with E-state index in [2.05, 4.69) is 32.6 Å². The lowest BCUT2D eigenvalue weighted by Gasteiger charge is -2.06. The zero-order valence-electron chi connectivity index (χ0n) is 8.06. The summed E-state index contributed by atoms with van der Waals surface area (Å²) in [6.07, 6.45) is 8.24. The summed E-state index contributed by atoms with van der Waals surface area (Å²) in [5.74, 6) is 0.761. The van der Waals surface area contributed by atoms with Crippen LogP contribution in [0.1, 0.15) is 40.0 Å². The Morgan fingerprint density at radius 1 is 1.45 bits per heavy atom. The summed E-state index contributed by atoms with van der Waals surface area (Å²) in [6, 6.07) is 0. The van der Waals surface area contributed by atoms with Gasteiger partial charge in [0, 0.05) is 0 Å². The minimum atomic E-state index is 0.761. The molecule has 0 aliphatic carbocycles. The van der Waals surface area contributed by atoms with E-state index in [1.165, 1.54) is 19.3 Å². The van der Waals surface area contributed by atoms with Gasteiger partial charge in [-0.25, -0.2) is 0 Å². The van der Waals surface area contributed by atoms with E-state index in [0.717, 1.165) is 11.5 Å². The molecule has 0 heteroatoms. The number of hydrogen-bond acceptors (Lipinski definition) is 0. The van der Waals surface area contributed by atoms with Gasteiger partial charge in [0.15, 0.2) is 0 Å². The van der Waals surface area contributed by atoms with Crippen molar-refractivity contribution in [3.05, 3.63) is 24.3 Å². The standard InChI is InChI=1S/C11H20/c1-5-7-11(6-2)9-8-10(3)4/h8-9,11H,3,5-7H2,1-2,4H3. The highest BCUT2D eigenvalue weighted by Gasteiger charge is 1.97. The molecule has 0 heterocycles. The molecule has 0 rings (SSSR count). The first-order valence-electron chi connectivity index (χ1n) is 4.54. The predicted octanol–water partition coefficient (Wildman–Crippen LogP) is 3.95. The van der Waals surface area contributed by atoms with E-state index in [9.17, 15) is 0 Å². The van der Waals surface area contributed by atoms with Crippen molar-refractivity contribution in [1.82, 2.24) is 0 Å². The van der Waals surface area contributed by atoms with Gasteiger partial charge in [0.2, 0.25) is 0 Å². The van der Waals surface area contributed by atoms with Crippen molar-refractivity contribution in [2.24, 2.45) is 5.92 Å². The molecule has 0 N–H and O–H groups in total. The third-order valence-corrected chi connectivity index (χ3v) is 1.84. The van der Waals surface area contributed by atoms with Crippen LogP contribution in [0.2, 0.25) is 0 Å². The molecular weight excluding hydrogens is 132 g/mol. The second-order valence-corrected chi connectivity index (χ2v) is 3.16. The Morgan fingerprint density at radius 2 is 2.09 bits per heavy atom. The SMILES string of the molecule is C=C(C)C=CC(CC)CCC. The highest BCUT2D eigenvalue weighted by molar-refractivity contribution is 5.11. The van der Waals surface area contributed by atoms with Gasteiger partial charge >= 0.3 is 0 Å². The van der Waals surface area contributed by atoms with Gasteiger partial charge in [0.05, 0.1) is 0 Å². The van der Waals surface area contributed by atoms with Gasteiger partial charge in [-0.3, -0.25) is 0 Å². The van der Waals surface area contributed by atoms with Crippen molar-refractivity contribution >= 4 is 0 Å². The molecule has 0 bridgehead atoms. The molecule has 1 unspecified atom stereocenters. The number of hydrogen-bond donors (Lipinski definition) is 0. The molecule has 0 nitrogen and oxygen atoms in total. The molecule has 0 aromatic rings. The lowest BCUT2D eigenvalue weighted by atomic mass is 10.00. The summed E-state index contributed by atoms with van der Waals surface area (Å²) in [5.41, 5.74) is 1.15. The van der Waals surface area contributed by atoms with Gasteiger partial charge in [0.25, 0.3) is 0 Å². The number of allylic oxidation sites excluding steroid dienone is 3. The maximum Gasteiger partial charge on any atom is -0.0233 e. The molecule has 0 aliphatic heterocycles. The Morgan fingerprint density at radius 3 is 2.45 bits per heavy atom. The smallest absolute Gasteiger partial charge is 0.0233 e. The molecule has 0 saturated heterocycles. The molecule has 1 atom stereocenters. The van der Waals surface area contributed by atoms with E-state index in [-0.39, 0.29) is 0 Å². The lowest BCUT2D eigenvalue weighted by Crippen LogP contribution is -1.92. The summed E-state index contributed by atoms with van der Waals surface area (Å²) in [6.45, 7) is 10.3. The highest BCUT2D eigenvalue weighted by Crippen LogP contribution is 2.12. The first-order valence-corrected chi connectivity index (χ1v) is 4.54. The van der Waals surface area contributed by atoms with Gasteiger partial charge in [-0.05, 0) is 25.7 Å². The normalized spacial score (nSPS) is 13.7. The second-order valence-electron chi connectivity index (χ2n) is 3.16. The fourth-order valence-corrected chi connectivity index (χ4v) is 1.11. The first-order chi connectivity index (χ1) is 5.20. The van der Waals surface area contributed by atoms with Gasteiger partial charge in [-0.1, -0.05) is 44.6 Å². The topological polar surface area (TPSA) is 0 Å². The van der Waals surface area contributed by atoms with Crippen LogP contribution in [0.15, 0.2) is 24.3 Å². The van der Waals surface area contributed by atoms with Crippen LogP contribution in [-0.2, 0) is 0 Å². The molecule has 0 amide bonds. The Bertz CT molecular complexity index is 131. The molecular formula is C11H20. The second kappa shape index (κ2) is 6.21. The first kappa shape index (κ1) is 10.5. The average molecular weight is 152 g/mol. The Kier molecular flexibility index (Phi) is 5.91. The molecule has 0 spiro atoms. The van der Waals surface area contributed by atoms with Crippen LogP contribution >= 0.6 is 0 Å². The van der Waals surface area contributed by atoms with Crippen molar-refractivity contribution in [1.29, 1.82) is 0 Å². The minimum Gasteiger partial charge on any atom is -0.0961 e. The maximum absolute atomic E-state index is 3.83. The summed E-state index contributed by atoms with van der Waals surface area (Å²) in [7, 11) is 0. The van der Waals surface area contributed by atoms with Crippen LogP contribution in [0.4, 0.5) is 0 Å². The molecule has 0 radical (unpaired) electrons. The van der Waals surface area contributed by atoms with E-state index < -0.39 is 0 Å². The van der Waals surface area contributed by atoms with Gasteiger partial charge in [-0.2, -0.15) is 0 Å². The molecule has 0 aliphatic rings. The van der Waals surface area contributed by atoms with E-state index in [0.29, 0.717) is 0 Å². The van der Waals surface area contributed by atoms with Crippen LogP contribution in [0.3, 0.4) is 0 Å². The lowest BCUT2D eigenvalue weighted by molar-refractivity contribution is 0.563. The van der Waals surface area contributed by atoms with Crippen molar-refractivity contribution in [2.75, 3.05) is 0 Å². The zero-order valence-corrected chi connectivity index (χ0v) is 8.06. The van der Waals surface area contributed by atoms with Crippen LogP contribution in [0.5, 0.6) is 0 Å². The van der Waals surface area contributed by atoms with Crippen molar-refractivity contribution in [3.8, 4) is 0 Å². The zero-order chi connectivity index (χ0) is 8.69. The summed E-state index contributed by atoms with van der Waals surface area (Å²) in [4.78, 5) is 0. The Balaban J connectivity index is 3.76. The quantitative estimate of drug-likeness (QED) is 0.523. The summed E-state index contributed by atoms with van der Waals surface area (Å²) in [5, 5.41) is 0. The van der Waals surface area contributed by atoms with E-state index in [1.54, 1.807) is 0 Å². The molecule has 0 fully saturated rings. The van der Waals surface area contributed by atoms with Crippen molar-refractivity contribution in [3.63, 3.8) is 0 Å². The van der Waals surface area contributed by atoms with Crippen molar-refractivity contribution in [2.45, 2.75) is 40.0 Å².